The molecule has 0 saturated carbocycles. The van der Waals surface area contributed by atoms with Crippen molar-refractivity contribution in [3.05, 3.63) is 53.1 Å². The van der Waals surface area contributed by atoms with Gasteiger partial charge in [-0.05, 0) is 32.0 Å². The SMILES string of the molecule is Cc1cc(N(C)CCc2ccccn2)c(C(=N)N)c(C)n1. The quantitative estimate of drug-likeness (QED) is 0.650. The van der Waals surface area contributed by atoms with E-state index < -0.39 is 0 Å². The summed E-state index contributed by atoms with van der Waals surface area (Å²) in [5.41, 5.74) is 10.1. The summed E-state index contributed by atoms with van der Waals surface area (Å²) in [6.07, 6.45) is 2.65. The second-order valence-corrected chi connectivity index (χ2v) is 5.15. The maximum atomic E-state index is 7.78. The molecule has 0 amide bonds. The summed E-state index contributed by atoms with van der Waals surface area (Å²) in [7, 11) is 2.00. The van der Waals surface area contributed by atoms with Gasteiger partial charge in [0.25, 0.3) is 0 Å². The Hall–Kier alpha value is -2.43. The number of amidine groups is 1. The molecule has 110 valence electrons. The largest absolute Gasteiger partial charge is 0.384 e. The molecule has 0 spiro atoms. The Morgan fingerprint density at radius 2 is 2.10 bits per heavy atom. The molecule has 0 bridgehead atoms. The van der Waals surface area contributed by atoms with E-state index in [1.54, 1.807) is 6.20 Å². The van der Waals surface area contributed by atoms with Crippen LogP contribution in [0.1, 0.15) is 22.6 Å². The van der Waals surface area contributed by atoms with Crippen molar-refractivity contribution in [1.82, 2.24) is 9.97 Å². The van der Waals surface area contributed by atoms with Crippen LogP contribution in [0.2, 0.25) is 0 Å². The summed E-state index contributed by atoms with van der Waals surface area (Å²) in [6.45, 7) is 4.65. The van der Waals surface area contributed by atoms with E-state index in [9.17, 15) is 0 Å². The van der Waals surface area contributed by atoms with Crippen LogP contribution in [-0.4, -0.2) is 29.4 Å². The van der Waals surface area contributed by atoms with Gasteiger partial charge < -0.3 is 10.6 Å². The fourth-order valence-corrected chi connectivity index (χ4v) is 2.39. The first-order chi connectivity index (χ1) is 9.99. The molecule has 21 heavy (non-hydrogen) atoms. The summed E-state index contributed by atoms with van der Waals surface area (Å²) in [5.74, 6) is 0.0553. The molecule has 2 aromatic rings. The Kier molecular flexibility index (Phi) is 4.52. The molecule has 0 aliphatic carbocycles. The maximum absolute atomic E-state index is 7.78. The average molecular weight is 283 g/mol. The van der Waals surface area contributed by atoms with Crippen molar-refractivity contribution < 1.29 is 0 Å². The standard InChI is InChI=1S/C16H21N5/c1-11-10-14(15(16(17)18)12(2)20-11)21(3)9-7-13-6-4-5-8-19-13/h4-6,8,10H,7,9H2,1-3H3,(H3,17,18). The molecule has 0 aliphatic heterocycles. The molecule has 2 heterocycles. The molecule has 2 aromatic heterocycles. The maximum Gasteiger partial charge on any atom is 0.126 e. The molecular formula is C16H21N5. The fraction of sp³-hybridized carbons (Fsp3) is 0.312. The Labute approximate surface area is 125 Å². The summed E-state index contributed by atoms with van der Waals surface area (Å²) in [5, 5.41) is 7.78. The first-order valence-electron chi connectivity index (χ1n) is 6.92. The number of pyridine rings is 2. The minimum Gasteiger partial charge on any atom is -0.384 e. The topological polar surface area (TPSA) is 78.9 Å². The minimum atomic E-state index is 0.0553. The number of hydrogen-bond donors (Lipinski definition) is 2. The summed E-state index contributed by atoms with van der Waals surface area (Å²) >= 11 is 0. The number of nitrogens with two attached hydrogens (primary N) is 1. The fourth-order valence-electron chi connectivity index (χ4n) is 2.39. The molecule has 0 aliphatic rings. The van der Waals surface area contributed by atoms with Crippen LogP contribution in [0.3, 0.4) is 0 Å². The smallest absolute Gasteiger partial charge is 0.126 e. The van der Waals surface area contributed by atoms with E-state index in [0.717, 1.165) is 35.7 Å². The lowest BCUT2D eigenvalue weighted by molar-refractivity contribution is 0.848. The van der Waals surface area contributed by atoms with Crippen molar-refractivity contribution in [2.75, 3.05) is 18.5 Å². The number of nitrogens with one attached hydrogen (secondary N) is 1. The van der Waals surface area contributed by atoms with Gasteiger partial charge >= 0.3 is 0 Å². The zero-order valence-corrected chi connectivity index (χ0v) is 12.7. The van der Waals surface area contributed by atoms with Crippen molar-refractivity contribution in [2.24, 2.45) is 5.73 Å². The number of nitrogens with zero attached hydrogens (tertiary/aromatic N) is 3. The number of hydrogen-bond acceptors (Lipinski definition) is 4. The highest BCUT2D eigenvalue weighted by molar-refractivity contribution is 6.01. The highest BCUT2D eigenvalue weighted by atomic mass is 15.1. The van der Waals surface area contributed by atoms with Crippen LogP contribution in [0, 0.1) is 19.3 Å². The highest BCUT2D eigenvalue weighted by Crippen LogP contribution is 2.22. The molecule has 0 fully saturated rings. The van der Waals surface area contributed by atoms with Crippen molar-refractivity contribution in [1.29, 1.82) is 5.41 Å². The van der Waals surface area contributed by atoms with Gasteiger partial charge in [0, 0.05) is 37.6 Å². The first kappa shape index (κ1) is 15.0. The number of rotatable bonds is 5. The number of aromatic nitrogens is 2. The van der Waals surface area contributed by atoms with Gasteiger partial charge in [0.05, 0.1) is 16.9 Å². The predicted molar refractivity (Wildman–Crippen MR) is 85.9 cm³/mol. The summed E-state index contributed by atoms with van der Waals surface area (Å²) in [6, 6.07) is 7.89. The van der Waals surface area contributed by atoms with Crippen molar-refractivity contribution in [2.45, 2.75) is 20.3 Å². The third-order valence-electron chi connectivity index (χ3n) is 3.42. The zero-order valence-electron chi connectivity index (χ0n) is 12.7. The van der Waals surface area contributed by atoms with Crippen molar-refractivity contribution in [3.63, 3.8) is 0 Å². The van der Waals surface area contributed by atoms with Crippen molar-refractivity contribution in [3.8, 4) is 0 Å². The van der Waals surface area contributed by atoms with Gasteiger partial charge in [0.15, 0.2) is 0 Å². The van der Waals surface area contributed by atoms with E-state index in [0.29, 0.717) is 5.56 Å². The minimum absolute atomic E-state index is 0.0553. The Bertz CT molecular complexity index is 637. The monoisotopic (exact) mass is 283 g/mol. The van der Waals surface area contributed by atoms with Crippen LogP contribution in [-0.2, 0) is 6.42 Å². The van der Waals surface area contributed by atoms with Gasteiger partial charge in [-0.2, -0.15) is 0 Å². The van der Waals surface area contributed by atoms with Crippen LogP contribution < -0.4 is 10.6 Å². The third-order valence-corrected chi connectivity index (χ3v) is 3.42. The Morgan fingerprint density at radius 3 is 2.71 bits per heavy atom. The van der Waals surface area contributed by atoms with E-state index in [4.69, 9.17) is 11.1 Å². The molecule has 5 nitrogen and oxygen atoms in total. The van der Waals surface area contributed by atoms with Crippen LogP contribution in [0.4, 0.5) is 5.69 Å². The summed E-state index contributed by atoms with van der Waals surface area (Å²) < 4.78 is 0. The van der Waals surface area contributed by atoms with Gasteiger partial charge in [0.1, 0.15) is 5.84 Å². The average Bonchev–Trinajstić information content (AvgIpc) is 2.44. The summed E-state index contributed by atoms with van der Waals surface area (Å²) in [4.78, 5) is 10.8. The third kappa shape index (κ3) is 3.56. The molecule has 5 heteroatoms. The van der Waals surface area contributed by atoms with E-state index in [1.165, 1.54) is 0 Å². The molecule has 3 N–H and O–H groups in total. The molecule has 0 aromatic carbocycles. The molecular weight excluding hydrogens is 262 g/mol. The normalized spacial score (nSPS) is 10.4. The lowest BCUT2D eigenvalue weighted by Gasteiger charge is -2.23. The van der Waals surface area contributed by atoms with Crippen LogP contribution >= 0.6 is 0 Å². The van der Waals surface area contributed by atoms with Gasteiger partial charge in [-0.25, -0.2) is 0 Å². The van der Waals surface area contributed by atoms with Gasteiger partial charge in [-0.15, -0.1) is 0 Å². The van der Waals surface area contributed by atoms with E-state index in [2.05, 4.69) is 14.9 Å². The molecule has 0 unspecified atom stereocenters. The van der Waals surface area contributed by atoms with E-state index in [-0.39, 0.29) is 5.84 Å². The molecule has 0 radical (unpaired) electrons. The highest BCUT2D eigenvalue weighted by Gasteiger charge is 2.14. The molecule has 0 saturated heterocycles. The van der Waals surface area contributed by atoms with Crippen LogP contribution in [0.5, 0.6) is 0 Å². The molecule has 0 atom stereocenters. The van der Waals surface area contributed by atoms with E-state index in [1.807, 2.05) is 45.2 Å². The van der Waals surface area contributed by atoms with E-state index >= 15 is 0 Å². The number of aryl methyl sites for hydroxylation is 2. The number of nitrogen functional groups attached to an aromatic ring is 1. The zero-order chi connectivity index (χ0) is 15.4. The van der Waals surface area contributed by atoms with Gasteiger partial charge in [0.2, 0.25) is 0 Å². The molecule has 2 rings (SSSR count). The first-order valence-corrected chi connectivity index (χ1v) is 6.92. The second-order valence-electron chi connectivity index (χ2n) is 5.15. The van der Waals surface area contributed by atoms with Gasteiger partial charge in [-0.3, -0.25) is 15.4 Å². The number of anilines is 1. The predicted octanol–water partition coefficient (Wildman–Crippen LogP) is 2.06. The number of likely N-dealkylation sites (N-methyl/N-ethyl adjacent to an activating group) is 1. The van der Waals surface area contributed by atoms with Crippen LogP contribution in [0.15, 0.2) is 30.5 Å². The lowest BCUT2D eigenvalue weighted by atomic mass is 10.1. The van der Waals surface area contributed by atoms with Gasteiger partial charge in [-0.1, -0.05) is 6.07 Å². The lowest BCUT2D eigenvalue weighted by Crippen LogP contribution is -2.26. The Balaban J connectivity index is 2.22. The van der Waals surface area contributed by atoms with Crippen LogP contribution in [0.25, 0.3) is 0 Å². The Morgan fingerprint density at radius 1 is 1.33 bits per heavy atom. The second kappa shape index (κ2) is 6.35. The van der Waals surface area contributed by atoms with Crippen molar-refractivity contribution >= 4 is 11.5 Å².